The summed E-state index contributed by atoms with van der Waals surface area (Å²) in [6, 6.07) is 5.84. The van der Waals surface area contributed by atoms with Crippen LogP contribution in [0, 0.1) is 6.92 Å². The average molecular weight is 221 g/mol. The first-order valence-electron chi connectivity index (χ1n) is 4.44. The Balaban J connectivity index is 2.48. The highest BCUT2D eigenvalue weighted by Crippen LogP contribution is 2.28. The molecule has 0 aromatic carbocycles. The summed E-state index contributed by atoms with van der Waals surface area (Å²) in [6.45, 7) is 2.05. The van der Waals surface area contributed by atoms with Gasteiger partial charge in [0.2, 0.25) is 11.8 Å². The quantitative estimate of drug-likeness (QED) is 0.843. The van der Waals surface area contributed by atoms with Gasteiger partial charge in [-0.05, 0) is 19.1 Å². The van der Waals surface area contributed by atoms with Gasteiger partial charge >= 0.3 is 0 Å². The van der Waals surface area contributed by atoms with E-state index in [0.717, 1.165) is 10.6 Å². The molecular formula is C10H11N3OS. The molecule has 4 nitrogen and oxygen atoms in total. The second-order valence-electron chi connectivity index (χ2n) is 3.06. The summed E-state index contributed by atoms with van der Waals surface area (Å²) >= 11 is 1.67. The standard InChI is InChI=1S/C10H11N3OS/c1-6-3-4-8(15-6)7-5-9(14-2)13-10(11)12-7/h3-5H,1-2H3,(H2,11,12,13). The van der Waals surface area contributed by atoms with E-state index in [9.17, 15) is 0 Å². The number of aryl methyl sites for hydroxylation is 1. The van der Waals surface area contributed by atoms with Crippen LogP contribution in [-0.4, -0.2) is 17.1 Å². The molecule has 0 fully saturated rings. The molecule has 78 valence electrons. The Morgan fingerprint density at radius 2 is 2.13 bits per heavy atom. The lowest BCUT2D eigenvalue weighted by molar-refractivity contribution is 0.398. The molecule has 0 saturated heterocycles. The Labute approximate surface area is 91.8 Å². The maximum Gasteiger partial charge on any atom is 0.223 e. The molecule has 0 aliphatic rings. The van der Waals surface area contributed by atoms with Gasteiger partial charge in [-0.25, -0.2) is 4.98 Å². The van der Waals surface area contributed by atoms with Crippen LogP contribution in [0.15, 0.2) is 18.2 Å². The SMILES string of the molecule is COc1cc(-c2ccc(C)s2)nc(N)n1. The van der Waals surface area contributed by atoms with Crippen LogP contribution in [0.1, 0.15) is 4.88 Å². The maximum absolute atomic E-state index is 5.58. The lowest BCUT2D eigenvalue weighted by Crippen LogP contribution is -1.98. The van der Waals surface area contributed by atoms with Gasteiger partial charge < -0.3 is 10.5 Å². The van der Waals surface area contributed by atoms with Gasteiger partial charge in [0.15, 0.2) is 0 Å². The second-order valence-corrected chi connectivity index (χ2v) is 4.35. The lowest BCUT2D eigenvalue weighted by Gasteiger charge is -2.02. The zero-order chi connectivity index (χ0) is 10.8. The first kappa shape index (κ1) is 9.92. The van der Waals surface area contributed by atoms with Crippen molar-refractivity contribution in [3.63, 3.8) is 0 Å². The summed E-state index contributed by atoms with van der Waals surface area (Å²) in [6.07, 6.45) is 0. The number of thiophene rings is 1. The van der Waals surface area contributed by atoms with Crippen LogP contribution in [0.2, 0.25) is 0 Å². The van der Waals surface area contributed by atoms with Gasteiger partial charge in [0.05, 0.1) is 17.7 Å². The molecule has 0 spiro atoms. The molecule has 0 saturated carbocycles. The van der Waals surface area contributed by atoms with Crippen molar-refractivity contribution in [3.05, 3.63) is 23.1 Å². The molecule has 5 heteroatoms. The zero-order valence-corrected chi connectivity index (χ0v) is 9.34. The number of aromatic nitrogens is 2. The van der Waals surface area contributed by atoms with Crippen LogP contribution < -0.4 is 10.5 Å². The fraction of sp³-hybridized carbons (Fsp3) is 0.200. The first-order valence-corrected chi connectivity index (χ1v) is 5.26. The number of nitrogens with two attached hydrogens (primary N) is 1. The smallest absolute Gasteiger partial charge is 0.223 e. The van der Waals surface area contributed by atoms with Crippen molar-refractivity contribution in [3.8, 4) is 16.5 Å². The van der Waals surface area contributed by atoms with Crippen molar-refractivity contribution >= 4 is 17.3 Å². The van der Waals surface area contributed by atoms with Crippen LogP contribution in [0.25, 0.3) is 10.6 Å². The predicted molar refractivity (Wildman–Crippen MR) is 61.0 cm³/mol. The minimum atomic E-state index is 0.232. The molecule has 0 aliphatic carbocycles. The van der Waals surface area contributed by atoms with E-state index in [1.165, 1.54) is 4.88 Å². The number of nitrogens with zero attached hydrogens (tertiary/aromatic N) is 2. The van der Waals surface area contributed by atoms with Gasteiger partial charge in [0.1, 0.15) is 0 Å². The van der Waals surface area contributed by atoms with Gasteiger partial charge in [-0.15, -0.1) is 11.3 Å². The Kier molecular flexibility index (Phi) is 2.55. The molecule has 0 aliphatic heterocycles. The number of rotatable bonds is 2. The van der Waals surface area contributed by atoms with E-state index < -0.39 is 0 Å². The zero-order valence-electron chi connectivity index (χ0n) is 8.52. The third-order valence-corrected chi connectivity index (χ3v) is 2.95. The molecule has 0 radical (unpaired) electrons. The lowest BCUT2D eigenvalue weighted by atomic mass is 10.3. The van der Waals surface area contributed by atoms with Gasteiger partial charge in [0.25, 0.3) is 0 Å². The first-order chi connectivity index (χ1) is 7.19. The number of nitrogen functional groups attached to an aromatic ring is 1. The topological polar surface area (TPSA) is 61.0 Å². The Morgan fingerprint density at radius 3 is 2.73 bits per heavy atom. The van der Waals surface area contributed by atoms with Crippen molar-refractivity contribution in [1.29, 1.82) is 0 Å². The number of ether oxygens (including phenoxy) is 1. The van der Waals surface area contributed by atoms with Crippen molar-refractivity contribution in [2.24, 2.45) is 0 Å². The van der Waals surface area contributed by atoms with E-state index in [2.05, 4.69) is 16.9 Å². The van der Waals surface area contributed by atoms with E-state index in [1.807, 2.05) is 12.1 Å². The molecular weight excluding hydrogens is 210 g/mol. The molecule has 0 atom stereocenters. The number of anilines is 1. The Morgan fingerprint density at radius 1 is 1.33 bits per heavy atom. The number of hydrogen-bond donors (Lipinski definition) is 1. The molecule has 2 aromatic rings. The van der Waals surface area contributed by atoms with Crippen LogP contribution in [-0.2, 0) is 0 Å². The van der Waals surface area contributed by atoms with Crippen LogP contribution in [0.4, 0.5) is 5.95 Å². The minimum absolute atomic E-state index is 0.232. The summed E-state index contributed by atoms with van der Waals surface area (Å²) < 4.78 is 5.04. The van der Waals surface area contributed by atoms with Gasteiger partial charge in [-0.2, -0.15) is 4.98 Å². The van der Waals surface area contributed by atoms with E-state index in [1.54, 1.807) is 24.5 Å². The molecule has 0 unspecified atom stereocenters. The Bertz CT molecular complexity index is 481. The average Bonchev–Trinajstić information content (AvgIpc) is 2.64. The highest BCUT2D eigenvalue weighted by molar-refractivity contribution is 7.15. The fourth-order valence-electron chi connectivity index (χ4n) is 1.25. The third kappa shape index (κ3) is 2.07. The second kappa shape index (κ2) is 3.86. The monoisotopic (exact) mass is 221 g/mol. The third-order valence-electron chi connectivity index (χ3n) is 1.92. The predicted octanol–water partition coefficient (Wildman–Crippen LogP) is 2.10. The van der Waals surface area contributed by atoms with Crippen molar-refractivity contribution < 1.29 is 4.74 Å². The van der Waals surface area contributed by atoms with Crippen LogP contribution in [0.5, 0.6) is 5.88 Å². The molecule has 2 rings (SSSR count). The van der Waals surface area contributed by atoms with Crippen LogP contribution >= 0.6 is 11.3 Å². The summed E-state index contributed by atoms with van der Waals surface area (Å²) in [5.41, 5.74) is 6.38. The van der Waals surface area contributed by atoms with Crippen molar-refractivity contribution in [1.82, 2.24) is 9.97 Å². The highest BCUT2D eigenvalue weighted by atomic mass is 32.1. The highest BCUT2D eigenvalue weighted by Gasteiger charge is 2.06. The molecule has 2 heterocycles. The van der Waals surface area contributed by atoms with Crippen molar-refractivity contribution in [2.45, 2.75) is 6.92 Å². The normalized spacial score (nSPS) is 10.3. The molecule has 0 amide bonds. The van der Waals surface area contributed by atoms with Gasteiger partial charge in [0, 0.05) is 10.9 Å². The van der Waals surface area contributed by atoms with E-state index >= 15 is 0 Å². The minimum Gasteiger partial charge on any atom is -0.481 e. The largest absolute Gasteiger partial charge is 0.481 e. The number of hydrogen-bond acceptors (Lipinski definition) is 5. The van der Waals surface area contributed by atoms with E-state index in [0.29, 0.717) is 5.88 Å². The summed E-state index contributed by atoms with van der Waals surface area (Å²) in [5.74, 6) is 0.721. The van der Waals surface area contributed by atoms with Crippen molar-refractivity contribution in [2.75, 3.05) is 12.8 Å². The van der Waals surface area contributed by atoms with E-state index in [-0.39, 0.29) is 5.95 Å². The summed E-state index contributed by atoms with van der Waals surface area (Å²) in [5, 5.41) is 0. The van der Waals surface area contributed by atoms with E-state index in [4.69, 9.17) is 10.5 Å². The maximum atomic E-state index is 5.58. The number of methoxy groups -OCH3 is 1. The molecule has 2 N–H and O–H groups in total. The summed E-state index contributed by atoms with van der Waals surface area (Å²) in [4.78, 5) is 10.4. The van der Waals surface area contributed by atoms with Gasteiger partial charge in [-0.3, -0.25) is 0 Å². The summed E-state index contributed by atoms with van der Waals surface area (Å²) in [7, 11) is 1.56. The molecule has 0 bridgehead atoms. The fourth-order valence-corrected chi connectivity index (χ4v) is 2.07. The molecule has 15 heavy (non-hydrogen) atoms. The molecule has 2 aromatic heterocycles. The van der Waals surface area contributed by atoms with Gasteiger partial charge in [-0.1, -0.05) is 0 Å². The Hall–Kier alpha value is -1.62. The van der Waals surface area contributed by atoms with Crippen LogP contribution in [0.3, 0.4) is 0 Å².